The van der Waals surface area contributed by atoms with Crippen molar-refractivity contribution in [2.45, 2.75) is 25.7 Å². The fraction of sp³-hybridized carbons (Fsp3) is 0.304. The number of rotatable bonds is 3. The summed E-state index contributed by atoms with van der Waals surface area (Å²) in [6.45, 7) is 5.52. The first-order chi connectivity index (χ1) is 14.5. The molecular weight excluding hydrogens is 381 g/mol. The highest BCUT2D eigenvalue weighted by Crippen LogP contribution is 2.32. The van der Waals surface area contributed by atoms with Gasteiger partial charge in [0.05, 0.1) is 27.6 Å². The topological polar surface area (TPSA) is 90.8 Å². The predicted octanol–water partition coefficient (Wildman–Crippen LogP) is 3.99. The Morgan fingerprint density at radius 3 is 2.73 bits per heavy atom. The number of hydrogen-bond acceptors (Lipinski definition) is 4. The molecule has 1 aliphatic rings. The number of halogens is 1. The Hall–Kier alpha value is -3.19. The molecule has 1 fully saturated rings. The minimum Gasteiger partial charge on any atom is -0.397 e. The number of hydrogen-bond donors (Lipinski definition) is 3. The summed E-state index contributed by atoms with van der Waals surface area (Å²) >= 11 is 0. The van der Waals surface area contributed by atoms with Gasteiger partial charge < -0.3 is 20.6 Å². The van der Waals surface area contributed by atoms with E-state index in [0.29, 0.717) is 17.3 Å². The number of nitrogen functional groups attached to an aromatic ring is 1. The third-order valence-electron chi connectivity index (χ3n) is 6.28. The van der Waals surface area contributed by atoms with Crippen LogP contribution in [0.1, 0.15) is 31.2 Å². The number of pyridine rings is 1. The van der Waals surface area contributed by atoms with E-state index in [4.69, 9.17) is 5.73 Å². The number of aromatic amines is 2. The molecule has 0 unspecified atom stereocenters. The van der Waals surface area contributed by atoms with Gasteiger partial charge in [0.25, 0.3) is 5.56 Å². The number of imidazole rings is 1. The fourth-order valence-corrected chi connectivity index (χ4v) is 4.55. The number of H-pyrrole nitrogens is 2. The number of nitrogens with two attached hydrogens (primary N) is 1. The van der Waals surface area contributed by atoms with Crippen LogP contribution in [-0.2, 0) is 0 Å². The molecule has 3 heterocycles. The lowest BCUT2D eigenvalue weighted by Gasteiger charge is -2.31. The van der Waals surface area contributed by atoms with Crippen LogP contribution in [-0.4, -0.2) is 39.5 Å². The zero-order valence-corrected chi connectivity index (χ0v) is 16.8. The first kappa shape index (κ1) is 18.8. The van der Waals surface area contributed by atoms with Gasteiger partial charge in [0.2, 0.25) is 0 Å². The summed E-state index contributed by atoms with van der Waals surface area (Å²) in [6.07, 6.45) is 2.27. The summed E-state index contributed by atoms with van der Waals surface area (Å²) in [7, 11) is 0. The molecule has 5 rings (SSSR count). The van der Waals surface area contributed by atoms with Crippen molar-refractivity contribution in [2.75, 3.05) is 25.4 Å². The summed E-state index contributed by atoms with van der Waals surface area (Å²) in [6, 6.07) is 10.7. The van der Waals surface area contributed by atoms with Crippen molar-refractivity contribution in [3.63, 3.8) is 0 Å². The Balaban J connectivity index is 1.56. The Labute approximate surface area is 172 Å². The van der Waals surface area contributed by atoms with Crippen molar-refractivity contribution in [3.05, 3.63) is 58.1 Å². The van der Waals surface area contributed by atoms with Crippen LogP contribution in [0.4, 0.5) is 10.1 Å². The molecule has 0 saturated carbocycles. The zero-order chi connectivity index (χ0) is 20.8. The van der Waals surface area contributed by atoms with Crippen molar-refractivity contribution < 1.29 is 4.39 Å². The van der Waals surface area contributed by atoms with E-state index in [1.54, 1.807) is 12.1 Å². The van der Waals surface area contributed by atoms with Crippen molar-refractivity contribution >= 4 is 27.6 Å². The number of nitrogens with one attached hydrogen (secondary N) is 2. The number of benzene rings is 2. The van der Waals surface area contributed by atoms with E-state index < -0.39 is 11.4 Å². The van der Waals surface area contributed by atoms with Gasteiger partial charge in [-0.25, -0.2) is 9.37 Å². The van der Waals surface area contributed by atoms with Crippen LogP contribution in [0.3, 0.4) is 0 Å². The van der Waals surface area contributed by atoms with Gasteiger partial charge in [-0.15, -0.1) is 0 Å². The van der Waals surface area contributed by atoms with Crippen LogP contribution in [0.2, 0.25) is 0 Å². The van der Waals surface area contributed by atoms with E-state index in [1.165, 1.54) is 11.6 Å². The van der Waals surface area contributed by atoms with E-state index in [-0.39, 0.29) is 16.6 Å². The zero-order valence-electron chi connectivity index (χ0n) is 16.8. The summed E-state index contributed by atoms with van der Waals surface area (Å²) in [5, 5.41) is 0.205. The van der Waals surface area contributed by atoms with Crippen LogP contribution >= 0.6 is 0 Å². The van der Waals surface area contributed by atoms with Crippen molar-refractivity contribution in [1.82, 2.24) is 19.9 Å². The molecular formula is C23H24FN5O. The van der Waals surface area contributed by atoms with Gasteiger partial charge in [-0.2, -0.15) is 0 Å². The van der Waals surface area contributed by atoms with Gasteiger partial charge in [-0.1, -0.05) is 19.1 Å². The standard InChI is InChI=1S/C23H24FN5O/c1-2-29-10-8-13(9-11-29)14-6-7-16-18(12-14)27-22(26-16)20-21(25)19-15(24)4-3-5-17(19)28-23(20)30/h3-7,12-13H,2,8-11H2,1H3,(H,26,27)(H3,25,28,30). The quantitative estimate of drug-likeness (QED) is 0.481. The van der Waals surface area contributed by atoms with Crippen LogP contribution in [0.25, 0.3) is 33.3 Å². The summed E-state index contributed by atoms with van der Waals surface area (Å²) in [4.78, 5) is 25.7. The molecule has 6 nitrogen and oxygen atoms in total. The Morgan fingerprint density at radius 1 is 1.17 bits per heavy atom. The normalized spacial score (nSPS) is 15.9. The second-order valence-corrected chi connectivity index (χ2v) is 7.98. The molecule has 4 aromatic rings. The van der Waals surface area contributed by atoms with E-state index in [0.717, 1.165) is 43.5 Å². The Kier molecular flexibility index (Phi) is 4.55. The Bertz CT molecular complexity index is 1300. The first-order valence-corrected chi connectivity index (χ1v) is 10.4. The molecule has 30 heavy (non-hydrogen) atoms. The smallest absolute Gasteiger partial charge is 0.261 e. The molecule has 0 bridgehead atoms. The molecule has 0 aliphatic carbocycles. The van der Waals surface area contributed by atoms with E-state index in [2.05, 4.69) is 38.9 Å². The second kappa shape index (κ2) is 7.25. The fourth-order valence-electron chi connectivity index (χ4n) is 4.55. The maximum Gasteiger partial charge on any atom is 0.261 e. The molecule has 154 valence electrons. The molecule has 1 aliphatic heterocycles. The Morgan fingerprint density at radius 2 is 1.97 bits per heavy atom. The molecule has 0 spiro atoms. The van der Waals surface area contributed by atoms with Crippen molar-refractivity contribution in [3.8, 4) is 11.4 Å². The number of likely N-dealkylation sites (tertiary alicyclic amines) is 1. The lowest BCUT2D eigenvalue weighted by molar-refractivity contribution is 0.222. The van der Waals surface area contributed by atoms with Crippen LogP contribution in [0.15, 0.2) is 41.2 Å². The highest BCUT2D eigenvalue weighted by molar-refractivity contribution is 5.98. The SMILES string of the molecule is CCN1CCC(c2ccc3nc(-c4c(N)c5c(F)cccc5[nH]c4=O)[nH]c3c2)CC1. The third kappa shape index (κ3) is 3.06. The average molecular weight is 405 g/mol. The molecule has 2 aromatic carbocycles. The molecule has 2 aromatic heterocycles. The lowest BCUT2D eigenvalue weighted by atomic mass is 9.89. The molecule has 0 amide bonds. The number of anilines is 1. The average Bonchev–Trinajstić information content (AvgIpc) is 3.16. The van der Waals surface area contributed by atoms with E-state index in [9.17, 15) is 9.18 Å². The van der Waals surface area contributed by atoms with Crippen molar-refractivity contribution in [2.24, 2.45) is 0 Å². The van der Waals surface area contributed by atoms with E-state index in [1.807, 2.05) is 6.07 Å². The molecule has 4 N–H and O–H groups in total. The maximum absolute atomic E-state index is 14.4. The highest BCUT2D eigenvalue weighted by Gasteiger charge is 2.21. The van der Waals surface area contributed by atoms with Crippen LogP contribution in [0.5, 0.6) is 0 Å². The summed E-state index contributed by atoms with van der Waals surface area (Å²) < 4.78 is 14.4. The van der Waals surface area contributed by atoms with Gasteiger partial charge in [0.15, 0.2) is 0 Å². The minimum atomic E-state index is -0.473. The molecule has 0 radical (unpaired) electrons. The monoisotopic (exact) mass is 405 g/mol. The van der Waals surface area contributed by atoms with E-state index >= 15 is 0 Å². The number of nitrogens with zero attached hydrogens (tertiary/aromatic N) is 2. The first-order valence-electron chi connectivity index (χ1n) is 10.4. The van der Waals surface area contributed by atoms with Crippen LogP contribution in [0, 0.1) is 5.82 Å². The lowest BCUT2D eigenvalue weighted by Crippen LogP contribution is -2.32. The van der Waals surface area contributed by atoms with Crippen LogP contribution < -0.4 is 11.3 Å². The molecule has 1 saturated heterocycles. The maximum atomic E-state index is 14.4. The number of fused-ring (bicyclic) bond motifs is 2. The minimum absolute atomic E-state index is 0.0954. The second-order valence-electron chi connectivity index (χ2n) is 7.98. The summed E-state index contributed by atoms with van der Waals surface area (Å²) in [5.74, 6) is 0.401. The summed E-state index contributed by atoms with van der Waals surface area (Å²) in [5.41, 5.74) is 9.36. The van der Waals surface area contributed by atoms with Gasteiger partial charge in [0.1, 0.15) is 17.2 Å². The largest absolute Gasteiger partial charge is 0.397 e. The predicted molar refractivity (Wildman–Crippen MR) is 118 cm³/mol. The van der Waals surface area contributed by atoms with Crippen molar-refractivity contribution in [1.29, 1.82) is 0 Å². The van der Waals surface area contributed by atoms with Gasteiger partial charge in [-0.3, -0.25) is 4.79 Å². The van der Waals surface area contributed by atoms with Gasteiger partial charge in [-0.05, 0) is 68.2 Å². The molecule has 7 heteroatoms. The van der Waals surface area contributed by atoms with Gasteiger partial charge >= 0.3 is 0 Å². The highest BCUT2D eigenvalue weighted by atomic mass is 19.1. The van der Waals surface area contributed by atoms with Gasteiger partial charge in [0, 0.05) is 0 Å². The number of aromatic nitrogens is 3. The molecule has 0 atom stereocenters. The number of piperidine rings is 1. The third-order valence-corrected chi connectivity index (χ3v) is 6.28.